The summed E-state index contributed by atoms with van der Waals surface area (Å²) >= 11 is 0. The highest BCUT2D eigenvalue weighted by Gasteiger charge is 2.49. The fourth-order valence-electron chi connectivity index (χ4n) is 10.4. The zero-order valence-electron chi connectivity index (χ0n) is 46.4. The zero-order valence-corrected chi connectivity index (χ0v) is 49.7. The summed E-state index contributed by atoms with van der Waals surface area (Å²) in [4.78, 5) is 10.3. The van der Waals surface area contributed by atoms with E-state index in [9.17, 15) is 61.8 Å². The Morgan fingerprint density at radius 1 is 0.561 bits per heavy atom. The average molecular weight is 1230 g/mol. The maximum atomic E-state index is 13.0. The van der Waals surface area contributed by atoms with Gasteiger partial charge in [0.15, 0.2) is 12.3 Å². The zero-order chi connectivity index (χ0) is 60.1. The van der Waals surface area contributed by atoms with Gasteiger partial charge in [-0.3, -0.25) is 23.0 Å². The molecule has 454 valence electrons. The van der Waals surface area contributed by atoms with E-state index in [0.717, 1.165) is 12.1 Å². The van der Waals surface area contributed by atoms with Gasteiger partial charge in [0.2, 0.25) is 5.69 Å². The van der Waals surface area contributed by atoms with Crippen LogP contribution in [0.25, 0.3) is 21.5 Å². The molecule has 0 aliphatic carbocycles. The van der Waals surface area contributed by atoms with Crippen molar-refractivity contribution in [2.75, 3.05) is 125 Å². The molecule has 0 aromatic heterocycles. The van der Waals surface area contributed by atoms with Crippen LogP contribution in [0.5, 0.6) is 0 Å². The van der Waals surface area contributed by atoms with Crippen molar-refractivity contribution in [2.45, 2.75) is 83.3 Å². The highest BCUT2D eigenvalue weighted by atomic mass is 32.2. The number of aliphatic carboxylic acids is 1. The second kappa shape index (κ2) is 28.8. The summed E-state index contributed by atoms with van der Waals surface area (Å²) < 4.78 is 191. The van der Waals surface area contributed by atoms with E-state index in [1.54, 1.807) is 38.5 Å². The van der Waals surface area contributed by atoms with E-state index in [1.807, 2.05) is 36.3 Å². The molecular weight excluding hydrogens is 1160 g/mol. The third-order valence-electron chi connectivity index (χ3n) is 14.1. The number of hydrogen-bond acceptors (Lipinski definition) is 18. The van der Waals surface area contributed by atoms with E-state index in [4.69, 9.17) is 37.9 Å². The molecule has 24 nitrogen and oxygen atoms in total. The minimum atomic E-state index is -5.11. The fraction of sp³-hybridized carbons (Fsp3) is 0.519. The number of benzene rings is 4. The number of carbonyl (C=O) groups is 1. The van der Waals surface area contributed by atoms with Gasteiger partial charge in [-0.25, -0.2) is 0 Å². The third-order valence-corrected chi connectivity index (χ3v) is 17.6. The van der Waals surface area contributed by atoms with E-state index >= 15 is 0 Å². The van der Waals surface area contributed by atoms with Gasteiger partial charge < -0.3 is 47.9 Å². The van der Waals surface area contributed by atoms with E-state index in [1.165, 1.54) is 12.1 Å². The van der Waals surface area contributed by atoms with Gasteiger partial charge in [-0.05, 0) is 85.0 Å². The number of anilines is 1. The van der Waals surface area contributed by atoms with Gasteiger partial charge >= 0.3 is 5.97 Å². The van der Waals surface area contributed by atoms with Crippen LogP contribution < -0.4 is 4.90 Å². The summed E-state index contributed by atoms with van der Waals surface area (Å²) in [5.41, 5.74) is 0.798. The summed E-state index contributed by atoms with van der Waals surface area (Å²) in [6, 6.07) is 9.80. The van der Waals surface area contributed by atoms with Crippen molar-refractivity contribution in [3.05, 3.63) is 83.6 Å². The Hall–Kier alpha value is -4.86. The smallest absolute Gasteiger partial charge is 0.303 e. The first-order valence-electron chi connectivity index (χ1n) is 26.3. The molecule has 1 atom stereocenters. The van der Waals surface area contributed by atoms with Gasteiger partial charge in [0.05, 0.1) is 94.5 Å². The number of nitrogens with zero attached hydrogens (tertiary/aromatic N) is 2. The van der Waals surface area contributed by atoms with Crippen LogP contribution in [0.3, 0.4) is 0 Å². The second-order valence-electron chi connectivity index (χ2n) is 20.0. The lowest BCUT2D eigenvalue weighted by Crippen LogP contribution is -2.34. The first-order valence-corrected chi connectivity index (χ1v) is 32.0. The molecule has 82 heavy (non-hydrogen) atoms. The lowest BCUT2D eigenvalue weighted by Gasteiger charge is -2.27. The van der Waals surface area contributed by atoms with Crippen LogP contribution >= 0.6 is 0 Å². The third kappa shape index (κ3) is 16.5. The van der Waals surface area contributed by atoms with E-state index in [-0.39, 0.29) is 80.6 Å². The van der Waals surface area contributed by atoms with Gasteiger partial charge in [-0.15, -0.1) is 0 Å². The first kappa shape index (κ1) is 66.3. The van der Waals surface area contributed by atoms with Gasteiger partial charge in [-0.2, -0.15) is 38.2 Å². The Labute approximate surface area is 478 Å². The molecular formula is C54H73N2O22S4+. The summed E-state index contributed by atoms with van der Waals surface area (Å²) in [6.45, 7) is 9.86. The lowest BCUT2D eigenvalue weighted by molar-refractivity contribution is -0.442. The van der Waals surface area contributed by atoms with Crippen molar-refractivity contribution in [3.63, 3.8) is 0 Å². The van der Waals surface area contributed by atoms with Gasteiger partial charge in [0.1, 0.15) is 16.4 Å². The molecule has 5 N–H and O–H groups in total. The number of rotatable bonds is 36. The Bertz CT molecular complexity index is 3490. The van der Waals surface area contributed by atoms with Crippen LogP contribution in [0.4, 0.5) is 11.4 Å². The van der Waals surface area contributed by atoms with Crippen LogP contribution in [0.15, 0.2) is 92.0 Å². The molecule has 4 aromatic carbocycles. The largest absolute Gasteiger partial charge is 0.481 e. The monoisotopic (exact) mass is 1230 g/mol. The maximum Gasteiger partial charge on any atom is 0.303 e. The molecule has 2 aliphatic rings. The van der Waals surface area contributed by atoms with Crippen molar-refractivity contribution in [1.82, 2.24) is 0 Å². The van der Waals surface area contributed by atoms with E-state index in [0.29, 0.717) is 125 Å². The normalized spacial score (nSPS) is 17.1. The van der Waals surface area contributed by atoms with Crippen molar-refractivity contribution in [1.29, 1.82) is 0 Å². The van der Waals surface area contributed by atoms with Crippen LogP contribution in [0.2, 0.25) is 0 Å². The molecule has 0 saturated carbocycles. The van der Waals surface area contributed by atoms with Gasteiger partial charge in [-0.1, -0.05) is 32.4 Å². The highest BCUT2D eigenvalue weighted by Crippen LogP contribution is 2.53. The summed E-state index contributed by atoms with van der Waals surface area (Å²) in [5.74, 6) is -0.959. The number of hydrogen-bond donors (Lipinski definition) is 5. The molecule has 0 radical (unpaired) electrons. The van der Waals surface area contributed by atoms with Crippen molar-refractivity contribution in [2.24, 2.45) is 0 Å². The molecule has 0 spiro atoms. The summed E-state index contributed by atoms with van der Waals surface area (Å²) in [6.07, 6.45) is 6.82. The molecule has 6 rings (SSSR count). The van der Waals surface area contributed by atoms with Gasteiger partial charge in [0, 0.05) is 79.1 Å². The van der Waals surface area contributed by atoms with Crippen LogP contribution in [0, 0.1) is 0 Å². The first-order chi connectivity index (χ1) is 38.7. The Morgan fingerprint density at radius 3 is 1.50 bits per heavy atom. The minimum absolute atomic E-state index is 0.0198. The van der Waals surface area contributed by atoms with E-state index in [2.05, 4.69) is 0 Å². The van der Waals surface area contributed by atoms with Crippen molar-refractivity contribution < 1.29 is 104 Å². The lowest BCUT2D eigenvalue weighted by atomic mass is 9.74. The fourth-order valence-corrected chi connectivity index (χ4v) is 13.0. The SMILES string of the molecule is COCCOCCOCCOCC[N+]1=C(/C=C/C=C2/N(CCCCCC(=O)O)c3ccc4c(S(=O)(=O)O)cc(S(=O)(=O)O)cc4c3C2(C)C)C(C)(CCOCCOCCOCCOC)c2c1ccc1c(S(=O)(=O)O)cc(S(=O)(=O)O)cc21. The number of unbranched alkanes of at least 4 members (excludes halogenated alkanes) is 2. The molecule has 2 heterocycles. The van der Waals surface area contributed by atoms with Crippen molar-refractivity contribution in [3.8, 4) is 0 Å². The highest BCUT2D eigenvalue weighted by molar-refractivity contribution is 7.87. The van der Waals surface area contributed by atoms with Crippen LogP contribution in [0.1, 0.15) is 64.0 Å². The quantitative estimate of drug-likeness (QED) is 0.0198. The predicted molar refractivity (Wildman–Crippen MR) is 301 cm³/mol. The number of methoxy groups -OCH3 is 2. The Morgan fingerprint density at radius 2 is 1.02 bits per heavy atom. The van der Waals surface area contributed by atoms with Crippen LogP contribution in [-0.4, -0.2) is 193 Å². The molecule has 2 aliphatic heterocycles. The van der Waals surface area contributed by atoms with Crippen LogP contribution in [-0.2, 0) is 94.0 Å². The second-order valence-corrected chi connectivity index (χ2v) is 25.6. The molecule has 0 bridgehead atoms. The molecule has 28 heteroatoms. The maximum absolute atomic E-state index is 13.0. The molecule has 0 fully saturated rings. The number of ether oxygens (including phenoxy) is 8. The van der Waals surface area contributed by atoms with Crippen molar-refractivity contribution >= 4 is 85.1 Å². The Balaban J connectivity index is 1.50. The molecule has 1 unspecified atom stereocenters. The average Bonchev–Trinajstić information content (AvgIpc) is 1.65. The van der Waals surface area contributed by atoms with E-state index < -0.39 is 76.9 Å². The topological polar surface area (TPSA) is 335 Å². The summed E-state index contributed by atoms with van der Waals surface area (Å²) in [5, 5.41) is 9.49. The number of carboxylic acid groups (broad SMARTS) is 1. The molecule has 0 amide bonds. The number of carboxylic acids is 1. The number of fused-ring (bicyclic) bond motifs is 6. The number of allylic oxidation sites excluding steroid dienone is 4. The minimum Gasteiger partial charge on any atom is -0.481 e. The Kier molecular flexibility index (Phi) is 23.3. The molecule has 4 aromatic rings. The molecule has 0 saturated heterocycles. The predicted octanol–water partition coefficient (Wildman–Crippen LogP) is 6.00. The van der Waals surface area contributed by atoms with Gasteiger partial charge in [0.25, 0.3) is 40.5 Å². The summed E-state index contributed by atoms with van der Waals surface area (Å²) in [7, 11) is -17.1. The standard InChI is InChI=1S/C54H72N2O22S4/c1-53(2)48(55(18-8-6-7-12-50(57)58)44-15-13-40-42(51(44)53)34-38(79(59,60)61)36-46(40)81(65,66)67)10-9-11-49-54(3,17-20-73-26-28-77-32-30-75-24-22-71-4)52-43-35-39(80(62,63)64)37-47(82(68,69)70)41(43)14-16-45(52)56(49)19-21-74-27-29-78-33-31-76-25-23-72-5/h9-11,13-16,34-37H,6-8,12,17-33H2,1-5H3,(H4-,57,58,59,60,61,62,63,64,65,66,67,68,69,70)/p+1.